The number of ether oxygens (including phenoxy) is 1. The van der Waals surface area contributed by atoms with E-state index in [1.165, 1.54) is 0 Å². The van der Waals surface area contributed by atoms with Crippen molar-refractivity contribution in [1.29, 1.82) is 0 Å². The van der Waals surface area contributed by atoms with Gasteiger partial charge in [0, 0.05) is 25.2 Å². The van der Waals surface area contributed by atoms with Crippen molar-refractivity contribution >= 4 is 40.4 Å². The number of fused-ring (bicyclic) bond motifs is 1. The molecule has 10 nitrogen and oxygen atoms in total. The van der Waals surface area contributed by atoms with Crippen molar-refractivity contribution in [1.82, 2.24) is 30.4 Å². The van der Waals surface area contributed by atoms with Crippen molar-refractivity contribution in [2.45, 2.75) is 18.6 Å². The highest BCUT2D eigenvalue weighted by molar-refractivity contribution is 7.99. The molecule has 1 aliphatic heterocycles. The van der Waals surface area contributed by atoms with E-state index in [4.69, 9.17) is 14.7 Å². The van der Waals surface area contributed by atoms with Gasteiger partial charge in [0.15, 0.2) is 10.8 Å². The summed E-state index contributed by atoms with van der Waals surface area (Å²) in [5.41, 5.74) is 1.26. The number of aromatic nitrogens is 4. The summed E-state index contributed by atoms with van der Waals surface area (Å²) in [7, 11) is 0. The molecule has 11 heteroatoms. The summed E-state index contributed by atoms with van der Waals surface area (Å²) in [5, 5.41) is 11.5. The van der Waals surface area contributed by atoms with E-state index in [-0.39, 0.29) is 18.4 Å². The largest absolute Gasteiger partial charge is 0.378 e. The number of carbonyl (C=O) groups excluding carboxylic acids is 2. The van der Waals surface area contributed by atoms with Crippen molar-refractivity contribution < 1.29 is 14.3 Å². The molecule has 3 heterocycles. The zero-order chi connectivity index (χ0) is 23.0. The van der Waals surface area contributed by atoms with Gasteiger partial charge in [-0.15, -0.1) is 0 Å². The number of morpholine rings is 1. The molecule has 4 rings (SSSR count). The van der Waals surface area contributed by atoms with Crippen LogP contribution in [0.4, 0.5) is 5.82 Å². The molecule has 0 bridgehead atoms. The molecule has 2 N–H and O–H groups in total. The van der Waals surface area contributed by atoms with Gasteiger partial charge in [-0.1, -0.05) is 36.9 Å². The molecular weight excluding hydrogens is 442 g/mol. The highest BCUT2D eigenvalue weighted by Gasteiger charge is 2.20. The van der Waals surface area contributed by atoms with Crippen LogP contribution in [0.1, 0.15) is 17.3 Å². The molecule has 0 radical (unpaired) electrons. The second-order valence-corrected chi connectivity index (χ2v) is 8.60. The number of anilines is 1. The third kappa shape index (κ3) is 5.79. The molecule has 2 amide bonds. The lowest BCUT2D eigenvalue weighted by Crippen LogP contribution is -2.38. The number of thioether (sulfide) groups is 1. The van der Waals surface area contributed by atoms with Crippen molar-refractivity contribution in [3.8, 4) is 0 Å². The fourth-order valence-electron chi connectivity index (χ4n) is 3.51. The minimum atomic E-state index is -0.280. The quantitative estimate of drug-likeness (QED) is 0.356. The molecule has 0 spiro atoms. The Balaban J connectivity index is 1.37. The molecule has 1 aromatic carbocycles. The smallest absolute Gasteiger partial charge is 0.251 e. The maximum absolute atomic E-state index is 12.2. The number of hydrogen-bond donors (Lipinski definition) is 2. The Kier molecular flexibility index (Phi) is 7.74. The van der Waals surface area contributed by atoms with Crippen LogP contribution in [0.2, 0.25) is 0 Å². The topological polar surface area (TPSA) is 114 Å². The highest BCUT2D eigenvalue weighted by Crippen LogP contribution is 2.27. The summed E-state index contributed by atoms with van der Waals surface area (Å²) >= 11 is 1.59. The fraction of sp³-hybridized carbons (Fsp3) is 0.409. The average Bonchev–Trinajstić information content (AvgIpc) is 3.26. The van der Waals surface area contributed by atoms with Crippen molar-refractivity contribution in [3.05, 3.63) is 42.1 Å². The van der Waals surface area contributed by atoms with E-state index in [0.717, 1.165) is 35.7 Å². The van der Waals surface area contributed by atoms with Gasteiger partial charge in [-0.25, -0.2) is 14.6 Å². The van der Waals surface area contributed by atoms with Crippen LogP contribution < -0.4 is 15.5 Å². The van der Waals surface area contributed by atoms with Gasteiger partial charge in [0.1, 0.15) is 5.82 Å². The number of nitrogens with one attached hydrogen (secondary N) is 2. The first-order valence-corrected chi connectivity index (χ1v) is 11.9. The lowest BCUT2D eigenvalue weighted by molar-refractivity contribution is -0.120. The maximum Gasteiger partial charge on any atom is 0.251 e. The van der Waals surface area contributed by atoms with Gasteiger partial charge in [0.2, 0.25) is 5.91 Å². The standard InChI is InChI=1S/C22H27N7O3S/c1-2-33-22-26-19(28-10-12-32-13-11-28)17-14-25-29(20(17)27-22)9-8-23-18(30)15-24-21(31)16-6-4-3-5-7-16/h3-7,14H,2,8-13,15H2,1H3,(H,23,30)(H,24,31). The average molecular weight is 470 g/mol. The molecule has 3 aromatic rings. The number of rotatable bonds is 9. The molecule has 0 aliphatic carbocycles. The summed E-state index contributed by atoms with van der Waals surface area (Å²) in [6.07, 6.45) is 1.78. The predicted octanol–water partition coefficient (Wildman–Crippen LogP) is 1.32. The fourth-order valence-corrected chi connectivity index (χ4v) is 4.07. The van der Waals surface area contributed by atoms with Crippen LogP contribution >= 0.6 is 11.8 Å². The molecule has 0 unspecified atom stereocenters. The molecular formula is C22H27N7O3S. The SMILES string of the molecule is CCSc1nc(N2CCOCC2)c2cnn(CCNC(=O)CNC(=O)c3ccccc3)c2n1. The lowest BCUT2D eigenvalue weighted by atomic mass is 10.2. The Morgan fingerprint density at radius 2 is 1.91 bits per heavy atom. The molecule has 2 aromatic heterocycles. The zero-order valence-electron chi connectivity index (χ0n) is 18.5. The highest BCUT2D eigenvalue weighted by atomic mass is 32.2. The van der Waals surface area contributed by atoms with Gasteiger partial charge in [-0.3, -0.25) is 9.59 Å². The predicted molar refractivity (Wildman–Crippen MR) is 127 cm³/mol. The zero-order valence-corrected chi connectivity index (χ0v) is 19.3. The summed E-state index contributed by atoms with van der Waals surface area (Å²) in [6, 6.07) is 8.80. The molecule has 0 saturated carbocycles. The summed E-state index contributed by atoms with van der Waals surface area (Å²) in [6.45, 7) is 5.69. The molecule has 0 atom stereocenters. The number of benzene rings is 1. The van der Waals surface area contributed by atoms with Crippen molar-refractivity contribution in [2.24, 2.45) is 0 Å². The van der Waals surface area contributed by atoms with Crippen molar-refractivity contribution in [3.63, 3.8) is 0 Å². The van der Waals surface area contributed by atoms with Crippen LogP contribution in [0.5, 0.6) is 0 Å². The van der Waals surface area contributed by atoms with Crippen LogP contribution in [-0.2, 0) is 16.1 Å². The first-order chi connectivity index (χ1) is 16.2. The summed E-state index contributed by atoms with van der Waals surface area (Å²) < 4.78 is 7.26. The van der Waals surface area contributed by atoms with Crippen molar-refractivity contribution in [2.75, 3.05) is 50.0 Å². The lowest BCUT2D eigenvalue weighted by Gasteiger charge is -2.28. The van der Waals surface area contributed by atoms with Crippen LogP contribution in [0, 0.1) is 0 Å². The monoisotopic (exact) mass is 469 g/mol. The van der Waals surface area contributed by atoms with E-state index in [0.29, 0.717) is 37.0 Å². The normalized spacial score (nSPS) is 13.8. The molecule has 33 heavy (non-hydrogen) atoms. The summed E-state index contributed by atoms with van der Waals surface area (Å²) in [4.78, 5) is 35.9. The van der Waals surface area contributed by atoms with Gasteiger partial charge in [0.05, 0.1) is 37.9 Å². The van der Waals surface area contributed by atoms with Gasteiger partial charge < -0.3 is 20.3 Å². The van der Waals surface area contributed by atoms with Crippen LogP contribution in [0.25, 0.3) is 11.0 Å². The van der Waals surface area contributed by atoms with Gasteiger partial charge in [-0.2, -0.15) is 5.10 Å². The van der Waals surface area contributed by atoms with E-state index >= 15 is 0 Å². The number of amides is 2. The first-order valence-electron chi connectivity index (χ1n) is 10.9. The van der Waals surface area contributed by atoms with E-state index in [9.17, 15) is 9.59 Å². The number of nitrogens with zero attached hydrogens (tertiary/aromatic N) is 5. The van der Waals surface area contributed by atoms with E-state index in [1.807, 2.05) is 6.07 Å². The Labute approximate surface area is 196 Å². The number of carbonyl (C=O) groups is 2. The van der Waals surface area contributed by atoms with Gasteiger partial charge >= 0.3 is 0 Å². The third-order valence-corrected chi connectivity index (χ3v) is 5.86. The second kappa shape index (κ2) is 11.1. The van der Waals surface area contributed by atoms with Gasteiger partial charge in [0.25, 0.3) is 5.91 Å². The Hall–Kier alpha value is -3.18. The Morgan fingerprint density at radius 1 is 1.12 bits per heavy atom. The van der Waals surface area contributed by atoms with Crippen LogP contribution in [-0.4, -0.2) is 76.7 Å². The molecule has 1 aliphatic rings. The molecule has 174 valence electrons. The van der Waals surface area contributed by atoms with E-state index in [2.05, 4.69) is 27.6 Å². The first kappa shape index (κ1) is 23.0. The van der Waals surface area contributed by atoms with E-state index in [1.54, 1.807) is 46.9 Å². The molecule has 1 saturated heterocycles. The summed E-state index contributed by atoms with van der Waals surface area (Å²) in [5.74, 6) is 1.20. The third-order valence-electron chi connectivity index (χ3n) is 5.13. The maximum atomic E-state index is 12.2. The minimum Gasteiger partial charge on any atom is -0.378 e. The van der Waals surface area contributed by atoms with Crippen LogP contribution in [0.3, 0.4) is 0 Å². The van der Waals surface area contributed by atoms with Gasteiger partial charge in [-0.05, 0) is 17.9 Å². The Bertz CT molecular complexity index is 1100. The molecule has 1 fully saturated rings. The van der Waals surface area contributed by atoms with E-state index < -0.39 is 0 Å². The minimum absolute atomic E-state index is 0.0891. The number of hydrogen-bond acceptors (Lipinski definition) is 8. The Morgan fingerprint density at radius 3 is 2.67 bits per heavy atom. The van der Waals surface area contributed by atoms with Crippen LogP contribution in [0.15, 0.2) is 41.7 Å². The second-order valence-electron chi connectivity index (χ2n) is 7.37.